The van der Waals surface area contributed by atoms with E-state index in [1.165, 1.54) is 7.11 Å². The fourth-order valence-electron chi connectivity index (χ4n) is 1.09. The molecule has 0 saturated carbocycles. The van der Waals surface area contributed by atoms with Crippen molar-refractivity contribution in [2.75, 3.05) is 19.0 Å². The van der Waals surface area contributed by atoms with E-state index in [0.29, 0.717) is 17.9 Å². The number of amides is 1. The van der Waals surface area contributed by atoms with Crippen LogP contribution in [0.5, 0.6) is 0 Å². The number of carbonyl (C=O) groups excluding carboxylic acids is 2. The second kappa shape index (κ2) is 5.75. The Hall–Kier alpha value is -2.04. The van der Waals surface area contributed by atoms with Gasteiger partial charge in [-0.05, 0) is 31.2 Å². The van der Waals surface area contributed by atoms with Crippen LogP contribution in [0.3, 0.4) is 0 Å². The quantitative estimate of drug-likeness (QED) is 0.796. The maximum atomic E-state index is 11.1. The van der Waals surface area contributed by atoms with Crippen LogP contribution >= 0.6 is 0 Å². The highest BCUT2D eigenvalue weighted by molar-refractivity contribution is 5.90. The summed E-state index contributed by atoms with van der Waals surface area (Å²) in [5.74, 6) is -0.414. The van der Waals surface area contributed by atoms with Gasteiger partial charge in [-0.1, -0.05) is 0 Å². The number of ether oxygens (including phenoxy) is 2. The van der Waals surface area contributed by atoms with Crippen LogP contribution < -0.4 is 5.32 Å². The zero-order chi connectivity index (χ0) is 12.0. The van der Waals surface area contributed by atoms with Crippen LogP contribution in [-0.4, -0.2) is 25.8 Å². The minimum atomic E-state index is -0.520. The monoisotopic (exact) mass is 223 g/mol. The molecule has 0 aromatic heterocycles. The molecular formula is C11H13NO4. The standard InChI is InChI=1S/C11H13NO4/c1-3-16-11(14)12-9-6-4-8(5-7-9)10(13)15-2/h4-7H,3H2,1-2H3,(H,12,14). The van der Waals surface area contributed by atoms with Gasteiger partial charge in [0.1, 0.15) is 0 Å². The van der Waals surface area contributed by atoms with E-state index in [1.807, 2.05) is 0 Å². The van der Waals surface area contributed by atoms with Gasteiger partial charge in [0.05, 0.1) is 19.3 Å². The molecule has 1 N–H and O–H groups in total. The second-order valence-corrected chi connectivity index (χ2v) is 2.91. The molecule has 1 aromatic rings. The third-order valence-electron chi connectivity index (χ3n) is 1.83. The van der Waals surface area contributed by atoms with Crippen molar-refractivity contribution in [2.45, 2.75) is 6.92 Å². The van der Waals surface area contributed by atoms with Crippen molar-refractivity contribution in [3.8, 4) is 0 Å². The zero-order valence-corrected chi connectivity index (χ0v) is 9.15. The van der Waals surface area contributed by atoms with Gasteiger partial charge in [-0.2, -0.15) is 0 Å². The van der Waals surface area contributed by atoms with E-state index >= 15 is 0 Å². The second-order valence-electron chi connectivity index (χ2n) is 2.91. The molecule has 0 aliphatic heterocycles. The van der Waals surface area contributed by atoms with Gasteiger partial charge in [-0.3, -0.25) is 5.32 Å². The minimum absolute atomic E-state index is 0.312. The molecule has 0 bridgehead atoms. The van der Waals surface area contributed by atoms with Gasteiger partial charge in [0.25, 0.3) is 0 Å². The van der Waals surface area contributed by atoms with Gasteiger partial charge in [0.2, 0.25) is 0 Å². The topological polar surface area (TPSA) is 64.6 Å². The first-order valence-electron chi connectivity index (χ1n) is 4.79. The average molecular weight is 223 g/mol. The SMILES string of the molecule is CCOC(=O)Nc1ccc(C(=O)OC)cc1. The molecule has 0 spiro atoms. The number of rotatable bonds is 3. The van der Waals surface area contributed by atoms with Gasteiger partial charge >= 0.3 is 12.1 Å². The summed E-state index contributed by atoms with van der Waals surface area (Å²) in [6, 6.07) is 6.33. The lowest BCUT2D eigenvalue weighted by atomic mass is 10.2. The van der Waals surface area contributed by atoms with Gasteiger partial charge in [-0.25, -0.2) is 9.59 Å². The first-order valence-corrected chi connectivity index (χ1v) is 4.79. The highest BCUT2D eigenvalue weighted by atomic mass is 16.5. The first kappa shape index (κ1) is 12.0. The van der Waals surface area contributed by atoms with E-state index in [2.05, 4.69) is 10.1 Å². The summed E-state index contributed by atoms with van der Waals surface area (Å²) in [5.41, 5.74) is 0.989. The lowest BCUT2D eigenvalue weighted by Gasteiger charge is -2.05. The lowest BCUT2D eigenvalue weighted by molar-refractivity contribution is 0.0600. The number of hydrogen-bond donors (Lipinski definition) is 1. The largest absolute Gasteiger partial charge is 0.465 e. The summed E-state index contributed by atoms with van der Waals surface area (Å²) < 4.78 is 9.25. The van der Waals surface area contributed by atoms with E-state index in [1.54, 1.807) is 31.2 Å². The van der Waals surface area contributed by atoms with Crippen LogP contribution in [0.4, 0.5) is 10.5 Å². The normalized spacial score (nSPS) is 9.38. The molecule has 0 fully saturated rings. The molecule has 0 atom stereocenters. The molecule has 16 heavy (non-hydrogen) atoms. The molecule has 1 aromatic carbocycles. The molecule has 0 aliphatic carbocycles. The fraction of sp³-hybridized carbons (Fsp3) is 0.273. The van der Waals surface area contributed by atoms with Crippen molar-refractivity contribution in [2.24, 2.45) is 0 Å². The van der Waals surface area contributed by atoms with Crippen molar-refractivity contribution in [3.05, 3.63) is 29.8 Å². The Morgan fingerprint density at radius 2 is 1.88 bits per heavy atom. The van der Waals surface area contributed by atoms with Crippen LogP contribution in [0.2, 0.25) is 0 Å². The van der Waals surface area contributed by atoms with Gasteiger partial charge in [0.15, 0.2) is 0 Å². The van der Waals surface area contributed by atoms with E-state index < -0.39 is 12.1 Å². The number of benzene rings is 1. The summed E-state index contributed by atoms with van der Waals surface area (Å²) in [5, 5.41) is 2.51. The van der Waals surface area contributed by atoms with Crippen LogP contribution in [0.15, 0.2) is 24.3 Å². The first-order chi connectivity index (χ1) is 7.67. The molecule has 1 amide bonds. The van der Waals surface area contributed by atoms with Crippen molar-refractivity contribution in [3.63, 3.8) is 0 Å². The van der Waals surface area contributed by atoms with E-state index in [0.717, 1.165) is 0 Å². The summed E-state index contributed by atoms with van der Waals surface area (Å²) >= 11 is 0. The van der Waals surface area contributed by atoms with Crippen molar-refractivity contribution in [1.29, 1.82) is 0 Å². The Balaban J connectivity index is 2.64. The van der Waals surface area contributed by atoms with E-state index in [-0.39, 0.29) is 0 Å². The predicted octanol–water partition coefficient (Wildman–Crippen LogP) is 2.04. The summed E-state index contributed by atoms with van der Waals surface area (Å²) in [4.78, 5) is 22.2. The Kier molecular flexibility index (Phi) is 4.32. The third-order valence-corrected chi connectivity index (χ3v) is 1.83. The van der Waals surface area contributed by atoms with Crippen LogP contribution in [0.25, 0.3) is 0 Å². The predicted molar refractivity (Wildman–Crippen MR) is 58.4 cm³/mol. The van der Waals surface area contributed by atoms with E-state index in [4.69, 9.17) is 4.74 Å². The number of nitrogens with one attached hydrogen (secondary N) is 1. The van der Waals surface area contributed by atoms with Gasteiger partial charge in [-0.15, -0.1) is 0 Å². The number of esters is 1. The molecular weight excluding hydrogens is 210 g/mol. The smallest absolute Gasteiger partial charge is 0.411 e. The van der Waals surface area contributed by atoms with Crippen molar-refractivity contribution >= 4 is 17.7 Å². The maximum absolute atomic E-state index is 11.1. The van der Waals surface area contributed by atoms with Crippen LogP contribution in [0.1, 0.15) is 17.3 Å². The molecule has 0 aliphatic rings. The Morgan fingerprint density at radius 3 is 2.38 bits per heavy atom. The summed E-state index contributed by atoms with van der Waals surface area (Å²) in [6.45, 7) is 2.03. The lowest BCUT2D eigenvalue weighted by Crippen LogP contribution is -2.13. The van der Waals surface area contributed by atoms with Crippen LogP contribution in [-0.2, 0) is 9.47 Å². The Labute approximate surface area is 93.4 Å². The maximum Gasteiger partial charge on any atom is 0.411 e. The summed E-state index contributed by atoms with van der Waals surface area (Å²) in [6.07, 6.45) is -0.520. The van der Waals surface area contributed by atoms with Crippen LogP contribution in [0, 0.1) is 0 Å². The number of methoxy groups -OCH3 is 1. The molecule has 0 saturated heterocycles. The minimum Gasteiger partial charge on any atom is -0.465 e. The number of carbonyl (C=O) groups is 2. The molecule has 0 radical (unpaired) electrons. The van der Waals surface area contributed by atoms with Crippen molar-refractivity contribution < 1.29 is 19.1 Å². The molecule has 1 rings (SSSR count). The molecule has 0 unspecified atom stereocenters. The molecule has 86 valence electrons. The average Bonchev–Trinajstić information content (AvgIpc) is 2.29. The highest BCUT2D eigenvalue weighted by Crippen LogP contribution is 2.10. The molecule has 0 heterocycles. The molecule has 5 heteroatoms. The fourth-order valence-corrected chi connectivity index (χ4v) is 1.09. The summed E-state index contributed by atoms with van der Waals surface area (Å²) in [7, 11) is 1.31. The Bertz CT molecular complexity index is 372. The van der Waals surface area contributed by atoms with Gasteiger partial charge in [0, 0.05) is 5.69 Å². The van der Waals surface area contributed by atoms with Gasteiger partial charge < -0.3 is 9.47 Å². The highest BCUT2D eigenvalue weighted by Gasteiger charge is 2.05. The molecule has 5 nitrogen and oxygen atoms in total. The van der Waals surface area contributed by atoms with Crippen molar-refractivity contribution in [1.82, 2.24) is 0 Å². The Morgan fingerprint density at radius 1 is 1.25 bits per heavy atom. The van der Waals surface area contributed by atoms with E-state index in [9.17, 15) is 9.59 Å². The number of anilines is 1. The number of hydrogen-bond acceptors (Lipinski definition) is 4. The third kappa shape index (κ3) is 3.27. The zero-order valence-electron chi connectivity index (χ0n) is 9.15.